The van der Waals surface area contributed by atoms with E-state index in [-0.39, 0.29) is 0 Å². The van der Waals surface area contributed by atoms with Crippen LogP contribution in [-0.4, -0.2) is 12.6 Å². The molecule has 2 aliphatic rings. The largest absolute Gasteiger partial charge is 0.368 e. The van der Waals surface area contributed by atoms with Gasteiger partial charge < -0.3 is 4.90 Å². The summed E-state index contributed by atoms with van der Waals surface area (Å²) in [5, 5.41) is 0. The molecule has 0 N–H and O–H groups in total. The molecule has 0 amide bonds. The maximum atomic E-state index is 3.60. The minimum Gasteiger partial charge on any atom is -0.368 e. The van der Waals surface area contributed by atoms with Crippen molar-refractivity contribution in [2.24, 2.45) is 0 Å². The van der Waals surface area contributed by atoms with Gasteiger partial charge in [-0.15, -0.1) is 0 Å². The molecule has 1 nitrogen and oxygen atoms in total. The zero-order valence-corrected chi connectivity index (χ0v) is 11.5. The third-order valence-corrected chi connectivity index (χ3v) is 5.16. The Kier molecular flexibility index (Phi) is 2.32. The molecule has 2 heteroatoms. The van der Waals surface area contributed by atoms with E-state index in [1.165, 1.54) is 35.8 Å². The van der Waals surface area contributed by atoms with Gasteiger partial charge in [-0.2, -0.15) is 0 Å². The van der Waals surface area contributed by atoms with Crippen LogP contribution in [0.4, 0.5) is 5.69 Å². The van der Waals surface area contributed by atoms with Crippen molar-refractivity contribution in [1.29, 1.82) is 0 Å². The van der Waals surface area contributed by atoms with Crippen molar-refractivity contribution in [1.82, 2.24) is 0 Å². The van der Waals surface area contributed by atoms with Gasteiger partial charge in [0.25, 0.3) is 0 Å². The Balaban J connectivity index is 2.14. The molecule has 0 bridgehead atoms. The maximum Gasteiger partial charge on any atom is 0.0440 e. The van der Waals surface area contributed by atoms with Gasteiger partial charge in [0.05, 0.1) is 0 Å². The van der Waals surface area contributed by atoms with Crippen LogP contribution in [0.3, 0.4) is 0 Å². The highest BCUT2D eigenvalue weighted by Gasteiger charge is 2.47. The highest BCUT2D eigenvalue weighted by molar-refractivity contribution is 9.10. The molecule has 2 unspecified atom stereocenters. The number of hydrogen-bond acceptors (Lipinski definition) is 1. The molecule has 0 saturated heterocycles. The molecule has 3 rings (SSSR count). The van der Waals surface area contributed by atoms with E-state index in [0.29, 0.717) is 5.54 Å². The second kappa shape index (κ2) is 3.49. The molecule has 1 heterocycles. The standard InChI is InChI=1S/C14H18BrN/c1-14-8-4-3-5-12(14)11-9-10(15)6-7-13(11)16(14)2/h6-7,9,12H,3-5,8H2,1-2H3. The lowest BCUT2D eigenvalue weighted by Crippen LogP contribution is -2.45. The predicted octanol–water partition coefficient (Wildman–Crippen LogP) is 4.32. The topological polar surface area (TPSA) is 3.24 Å². The molecule has 1 saturated carbocycles. The number of halogens is 1. The monoisotopic (exact) mass is 279 g/mol. The summed E-state index contributed by atoms with van der Waals surface area (Å²) in [5.74, 6) is 0.735. The van der Waals surface area contributed by atoms with Gasteiger partial charge in [0.15, 0.2) is 0 Å². The average Bonchev–Trinajstić information content (AvgIpc) is 2.49. The maximum absolute atomic E-state index is 3.60. The quantitative estimate of drug-likeness (QED) is 0.684. The molecule has 2 atom stereocenters. The molecule has 16 heavy (non-hydrogen) atoms. The Labute approximate surface area is 106 Å². The van der Waals surface area contributed by atoms with E-state index in [9.17, 15) is 0 Å². The molecule has 0 spiro atoms. The van der Waals surface area contributed by atoms with Crippen LogP contribution in [0.2, 0.25) is 0 Å². The summed E-state index contributed by atoms with van der Waals surface area (Å²) in [7, 11) is 2.26. The Hall–Kier alpha value is -0.500. The van der Waals surface area contributed by atoms with Crippen molar-refractivity contribution in [3.8, 4) is 0 Å². The first kappa shape index (κ1) is 10.6. The number of nitrogens with zero attached hydrogens (tertiary/aromatic N) is 1. The Bertz CT molecular complexity index is 429. The Morgan fingerprint density at radius 3 is 3.00 bits per heavy atom. The van der Waals surface area contributed by atoms with Crippen LogP contribution < -0.4 is 4.90 Å². The van der Waals surface area contributed by atoms with Crippen LogP contribution >= 0.6 is 15.9 Å². The molecular weight excluding hydrogens is 262 g/mol. The first-order valence-corrected chi connectivity index (χ1v) is 6.95. The van der Waals surface area contributed by atoms with Gasteiger partial charge in [-0.05, 0) is 43.5 Å². The van der Waals surface area contributed by atoms with E-state index in [1.807, 2.05) is 0 Å². The van der Waals surface area contributed by atoms with Crippen molar-refractivity contribution in [2.75, 3.05) is 11.9 Å². The lowest BCUT2D eigenvalue weighted by molar-refractivity contribution is 0.283. The number of likely N-dealkylation sites (N-methyl/N-ethyl adjacent to an activating group) is 1. The highest BCUT2D eigenvalue weighted by atomic mass is 79.9. The van der Waals surface area contributed by atoms with Crippen molar-refractivity contribution in [2.45, 2.75) is 44.1 Å². The number of anilines is 1. The third-order valence-electron chi connectivity index (χ3n) is 4.67. The summed E-state index contributed by atoms with van der Waals surface area (Å²) in [6, 6.07) is 6.76. The van der Waals surface area contributed by atoms with Gasteiger partial charge in [-0.1, -0.05) is 28.8 Å². The summed E-state index contributed by atoms with van der Waals surface area (Å²) in [5.41, 5.74) is 3.36. The minimum atomic E-state index is 0.362. The van der Waals surface area contributed by atoms with Gasteiger partial charge in [0.1, 0.15) is 0 Å². The van der Waals surface area contributed by atoms with Gasteiger partial charge >= 0.3 is 0 Å². The zero-order valence-electron chi connectivity index (χ0n) is 9.96. The van der Waals surface area contributed by atoms with E-state index in [0.717, 1.165) is 5.92 Å². The molecule has 1 aliphatic carbocycles. The Morgan fingerprint density at radius 1 is 1.38 bits per heavy atom. The van der Waals surface area contributed by atoms with E-state index in [1.54, 1.807) is 5.56 Å². The minimum absolute atomic E-state index is 0.362. The lowest BCUT2D eigenvalue weighted by Gasteiger charge is -2.42. The predicted molar refractivity (Wildman–Crippen MR) is 72.2 cm³/mol. The number of hydrogen-bond donors (Lipinski definition) is 0. The lowest BCUT2D eigenvalue weighted by atomic mass is 9.73. The van der Waals surface area contributed by atoms with Crippen molar-refractivity contribution in [3.05, 3.63) is 28.2 Å². The smallest absolute Gasteiger partial charge is 0.0440 e. The van der Waals surface area contributed by atoms with Crippen molar-refractivity contribution >= 4 is 21.6 Å². The molecule has 0 radical (unpaired) electrons. The first-order chi connectivity index (χ1) is 7.63. The average molecular weight is 280 g/mol. The van der Waals surface area contributed by atoms with Crippen LogP contribution in [0, 0.1) is 0 Å². The fourth-order valence-electron chi connectivity index (χ4n) is 3.59. The van der Waals surface area contributed by atoms with Crippen molar-refractivity contribution in [3.63, 3.8) is 0 Å². The number of benzene rings is 1. The summed E-state index contributed by atoms with van der Waals surface area (Å²) in [4.78, 5) is 2.51. The summed E-state index contributed by atoms with van der Waals surface area (Å²) < 4.78 is 1.22. The second-order valence-electron chi connectivity index (χ2n) is 5.42. The molecule has 1 fully saturated rings. The molecule has 0 aromatic heterocycles. The van der Waals surface area contributed by atoms with Gasteiger partial charge in [0, 0.05) is 28.7 Å². The highest BCUT2D eigenvalue weighted by Crippen LogP contribution is 2.54. The third kappa shape index (κ3) is 1.29. The summed E-state index contributed by atoms with van der Waals surface area (Å²) in [6.07, 6.45) is 5.46. The van der Waals surface area contributed by atoms with Crippen LogP contribution in [0.25, 0.3) is 0 Å². The molecular formula is C14H18BrN. The van der Waals surface area contributed by atoms with E-state index in [4.69, 9.17) is 0 Å². The molecule has 1 aromatic carbocycles. The fourth-order valence-corrected chi connectivity index (χ4v) is 3.97. The van der Waals surface area contributed by atoms with E-state index < -0.39 is 0 Å². The SMILES string of the molecule is CN1c2ccc(Br)cc2C2CCCCC21C. The normalized spacial score (nSPS) is 32.4. The molecule has 1 aliphatic heterocycles. The van der Waals surface area contributed by atoms with Crippen LogP contribution in [0.1, 0.15) is 44.1 Å². The van der Waals surface area contributed by atoms with Crippen molar-refractivity contribution < 1.29 is 0 Å². The zero-order chi connectivity index (χ0) is 11.3. The first-order valence-electron chi connectivity index (χ1n) is 6.16. The fraction of sp³-hybridized carbons (Fsp3) is 0.571. The van der Waals surface area contributed by atoms with Gasteiger partial charge in [-0.3, -0.25) is 0 Å². The number of fused-ring (bicyclic) bond motifs is 3. The molecule has 1 aromatic rings. The van der Waals surface area contributed by atoms with Crippen LogP contribution in [-0.2, 0) is 0 Å². The Morgan fingerprint density at radius 2 is 2.19 bits per heavy atom. The van der Waals surface area contributed by atoms with Gasteiger partial charge in [-0.25, -0.2) is 0 Å². The van der Waals surface area contributed by atoms with E-state index in [2.05, 4.69) is 53.0 Å². The van der Waals surface area contributed by atoms with Crippen LogP contribution in [0.15, 0.2) is 22.7 Å². The molecule has 86 valence electrons. The summed E-state index contributed by atoms with van der Waals surface area (Å²) in [6.45, 7) is 2.44. The number of rotatable bonds is 0. The second-order valence-corrected chi connectivity index (χ2v) is 6.33. The van der Waals surface area contributed by atoms with E-state index >= 15 is 0 Å². The summed E-state index contributed by atoms with van der Waals surface area (Å²) >= 11 is 3.60. The van der Waals surface area contributed by atoms with Crippen LogP contribution in [0.5, 0.6) is 0 Å². The van der Waals surface area contributed by atoms with Gasteiger partial charge in [0.2, 0.25) is 0 Å².